The number of nitrogens with one attached hydrogen (secondary N) is 1. The van der Waals surface area contributed by atoms with Gasteiger partial charge in [-0.15, -0.1) is 11.3 Å². The number of rotatable bonds is 7. The van der Waals surface area contributed by atoms with Crippen LogP contribution in [-0.4, -0.2) is 66.4 Å². The average Bonchev–Trinajstić information content (AvgIpc) is 3.13. The summed E-state index contributed by atoms with van der Waals surface area (Å²) in [7, 11) is 4.02. The molecule has 1 saturated heterocycles. The molecule has 2 heterocycles. The third-order valence-electron chi connectivity index (χ3n) is 4.76. The molecule has 0 aliphatic carbocycles. The van der Waals surface area contributed by atoms with E-state index in [0.29, 0.717) is 18.5 Å². The Morgan fingerprint density at radius 1 is 1.42 bits per heavy atom. The van der Waals surface area contributed by atoms with Crippen LogP contribution in [0.1, 0.15) is 34.6 Å². The standard InChI is InChI=1S/C19H26N4O2S/c1-13-21-16-6-4-14(12-17(16)26-13)19(25)20-9-8-15-5-7-18(24)23(15)11-10-22(2)3/h4,6,12,15H,5,7-11H2,1-3H3,(H,20,25). The normalized spacial score (nSPS) is 17.5. The molecule has 0 saturated carbocycles. The Morgan fingerprint density at radius 2 is 2.23 bits per heavy atom. The Bertz CT molecular complexity index is 802. The summed E-state index contributed by atoms with van der Waals surface area (Å²) in [6.45, 7) is 4.17. The monoisotopic (exact) mass is 374 g/mol. The molecule has 7 heteroatoms. The Morgan fingerprint density at radius 3 is 3.00 bits per heavy atom. The van der Waals surface area contributed by atoms with Gasteiger partial charge in [-0.05, 0) is 52.1 Å². The van der Waals surface area contributed by atoms with Crippen LogP contribution in [0.3, 0.4) is 0 Å². The fourth-order valence-electron chi connectivity index (χ4n) is 3.34. The van der Waals surface area contributed by atoms with E-state index >= 15 is 0 Å². The zero-order valence-corrected chi connectivity index (χ0v) is 16.4. The summed E-state index contributed by atoms with van der Waals surface area (Å²) in [4.78, 5) is 32.9. The van der Waals surface area contributed by atoms with Gasteiger partial charge in [-0.25, -0.2) is 4.98 Å². The van der Waals surface area contributed by atoms with E-state index in [4.69, 9.17) is 0 Å². The molecule has 1 unspecified atom stereocenters. The van der Waals surface area contributed by atoms with Crippen LogP contribution in [0.2, 0.25) is 0 Å². The Hall–Kier alpha value is -1.99. The van der Waals surface area contributed by atoms with Crippen LogP contribution in [0.25, 0.3) is 10.2 Å². The number of nitrogens with zero attached hydrogens (tertiary/aromatic N) is 3. The molecule has 0 spiro atoms. The molecule has 2 aromatic rings. The predicted octanol–water partition coefficient (Wildman–Crippen LogP) is 2.28. The van der Waals surface area contributed by atoms with Crippen LogP contribution in [0.4, 0.5) is 0 Å². The van der Waals surface area contributed by atoms with Gasteiger partial charge in [0.25, 0.3) is 5.91 Å². The lowest BCUT2D eigenvalue weighted by Crippen LogP contribution is -2.40. The molecular formula is C19H26N4O2S. The Labute approximate surface area is 158 Å². The lowest BCUT2D eigenvalue weighted by atomic mass is 10.1. The van der Waals surface area contributed by atoms with E-state index in [-0.39, 0.29) is 17.9 Å². The van der Waals surface area contributed by atoms with Crippen molar-refractivity contribution < 1.29 is 9.59 Å². The second-order valence-corrected chi connectivity index (χ2v) is 8.28. The number of thiazole rings is 1. The third kappa shape index (κ3) is 4.40. The van der Waals surface area contributed by atoms with Crippen molar-refractivity contribution in [1.29, 1.82) is 0 Å². The molecule has 1 aliphatic heterocycles. The van der Waals surface area contributed by atoms with Gasteiger partial charge in [0.1, 0.15) is 0 Å². The van der Waals surface area contributed by atoms with Crippen molar-refractivity contribution in [2.24, 2.45) is 0 Å². The van der Waals surface area contributed by atoms with Crippen LogP contribution in [-0.2, 0) is 4.79 Å². The summed E-state index contributed by atoms with van der Waals surface area (Å²) in [6, 6.07) is 5.85. The third-order valence-corrected chi connectivity index (χ3v) is 5.69. The summed E-state index contributed by atoms with van der Waals surface area (Å²) in [5.74, 6) is 0.163. The molecule has 6 nitrogen and oxygen atoms in total. The van der Waals surface area contributed by atoms with Crippen molar-refractivity contribution in [2.45, 2.75) is 32.2 Å². The lowest BCUT2D eigenvalue weighted by molar-refractivity contribution is -0.129. The summed E-state index contributed by atoms with van der Waals surface area (Å²) in [5, 5.41) is 4.00. The minimum absolute atomic E-state index is 0.0675. The van der Waals surface area contributed by atoms with Crippen LogP contribution < -0.4 is 5.32 Å². The fraction of sp³-hybridized carbons (Fsp3) is 0.526. The second kappa shape index (κ2) is 8.14. The van der Waals surface area contributed by atoms with Crippen molar-refractivity contribution in [3.63, 3.8) is 0 Å². The van der Waals surface area contributed by atoms with E-state index in [0.717, 1.165) is 41.2 Å². The zero-order chi connectivity index (χ0) is 18.7. The smallest absolute Gasteiger partial charge is 0.251 e. The minimum Gasteiger partial charge on any atom is -0.352 e. The highest BCUT2D eigenvalue weighted by Crippen LogP contribution is 2.23. The lowest BCUT2D eigenvalue weighted by Gasteiger charge is -2.26. The summed E-state index contributed by atoms with van der Waals surface area (Å²) in [5.41, 5.74) is 1.60. The number of hydrogen-bond acceptors (Lipinski definition) is 5. The maximum atomic E-state index is 12.4. The first-order valence-corrected chi connectivity index (χ1v) is 9.85. The number of fused-ring (bicyclic) bond motifs is 1. The molecule has 26 heavy (non-hydrogen) atoms. The average molecular weight is 375 g/mol. The SMILES string of the molecule is Cc1nc2ccc(C(=O)NCCC3CCC(=O)N3CCN(C)C)cc2s1. The molecule has 140 valence electrons. The zero-order valence-electron chi connectivity index (χ0n) is 15.6. The van der Waals surface area contributed by atoms with Crippen molar-refractivity contribution in [3.8, 4) is 0 Å². The maximum absolute atomic E-state index is 12.4. The molecule has 3 rings (SSSR count). The van der Waals surface area contributed by atoms with Crippen LogP contribution in [0.5, 0.6) is 0 Å². The van der Waals surface area contributed by atoms with Crippen molar-refractivity contribution >= 4 is 33.4 Å². The molecule has 1 fully saturated rings. The van der Waals surface area contributed by atoms with Gasteiger partial charge in [0, 0.05) is 37.7 Å². The van der Waals surface area contributed by atoms with E-state index in [1.807, 2.05) is 44.1 Å². The van der Waals surface area contributed by atoms with Gasteiger partial charge in [0.2, 0.25) is 5.91 Å². The summed E-state index contributed by atoms with van der Waals surface area (Å²) >= 11 is 1.60. The number of hydrogen-bond donors (Lipinski definition) is 1. The number of carbonyl (C=O) groups is 2. The Kier molecular flexibility index (Phi) is 5.88. The van der Waals surface area contributed by atoms with E-state index in [1.54, 1.807) is 11.3 Å². The van der Waals surface area contributed by atoms with Gasteiger partial charge in [-0.1, -0.05) is 0 Å². The topological polar surface area (TPSA) is 65.5 Å². The Balaban J connectivity index is 1.52. The quantitative estimate of drug-likeness (QED) is 0.807. The molecule has 1 atom stereocenters. The van der Waals surface area contributed by atoms with Gasteiger partial charge in [-0.2, -0.15) is 0 Å². The first kappa shape index (κ1) is 18.8. The maximum Gasteiger partial charge on any atom is 0.251 e. The number of aryl methyl sites for hydroxylation is 1. The fourth-order valence-corrected chi connectivity index (χ4v) is 4.21. The molecular weight excluding hydrogens is 348 g/mol. The van der Waals surface area contributed by atoms with E-state index < -0.39 is 0 Å². The van der Waals surface area contributed by atoms with E-state index in [2.05, 4.69) is 15.2 Å². The predicted molar refractivity (Wildman–Crippen MR) is 105 cm³/mol. The number of likely N-dealkylation sites (N-methyl/N-ethyl adjacent to an activating group) is 1. The van der Waals surface area contributed by atoms with Crippen molar-refractivity contribution in [3.05, 3.63) is 28.8 Å². The molecule has 1 aromatic heterocycles. The van der Waals surface area contributed by atoms with Gasteiger partial charge in [0.15, 0.2) is 0 Å². The van der Waals surface area contributed by atoms with Crippen LogP contribution in [0, 0.1) is 6.92 Å². The molecule has 2 amide bonds. The first-order valence-electron chi connectivity index (χ1n) is 9.03. The number of amides is 2. The molecule has 1 N–H and O–H groups in total. The summed E-state index contributed by atoms with van der Waals surface area (Å²) in [6.07, 6.45) is 2.30. The highest BCUT2D eigenvalue weighted by atomic mass is 32.1. The van der Waals surface area contributed by atoms with Gasteiger partial charge in [0.05, 0.1) is 15.2 Å². The molecule has 1 aliphatic rings. The molecule has 0 bridgehead atoms. The van der Waals surface area contributed by atoms with Crippen LogP contribution in [0.15, 0.2) is 18.2 Å². The first-order chi connectivity index (χ1) is 12.4. The number of benzene rings is 1. The van der Waals surface area contributed by atoms with E-state index in [9.17, 15) is 9.59 Å². The largest absolute Gasteiger partial charge is 0.352 e. The molecule has 1 aromatic carbocycles. The van der Waals surface area contributed by atoms with Crippen molar-refractivity contribution in [1.82, 2.24) is 20.1 Å². The second-order valence-electron chi connectivity index (χ2n) is 7.04. The van der Waals surface area contributed by atoms with Crippen molar-refractivity contribution in [2.75, 3.05) is 33.7 Å². The highest BCUT2D eigenvalue weighted by molar-refractivity contribution is 7.18. The summed E-state index contributed by atoms with van der Waals surface area (Å²) < 4.78 is 1.03. The van der Waals surface area contributed by atoms with E-state index in [1.165, 1.54) is 0 Å². The molecule has 0 radical (unpaired) electrons. The minimum atomic E-state index is -0.0675. The van der Waals surface area contributed by atoms with Gasteiger partial charge < -0.3 is 15.1 Å². The van der Waals surface area contributed by atoms with Gasteiger partial charge >= 0.3 is 0 Å². The number of carbonyl (C=O) groups excluding carboxylic acids is 2. The van der Waals surface area contributed by atoms with Crippen LogP contribution >= 0.6 is 11.3 Å². The highest BCUT2D eigenvalue weighted by Gasteiger charge is 2.30. The number of likely N-dealkylation sites (tertiary alicyclic amines) is 1. The number of aromatic nitrogens is 1. The van der Waals surface area contributed by atoms with Gasteiger partial charge in [-0.3, -0.25) is 9.59 Å².